The first-order chi connectivity index (χ1) is 16.5. The molecule has 0 bridgehead atoms. The molecule has 2 amide bonds. The van der Waals surface area contributed by atoms with Crippen LogP contribution in [-0.2, 0) is 10.2 Å². The van der Waals surface area contributed by atoms with Crippen molar-refractivity contribution in [3.05, 3.63) is 90.1 Å². The maximum absolute atomic E-state index is 13.0. The van der Waals surface area contributed by atoms with Gasteiger partial charge in [0.25, 0.3) is 5.91 Å². The number of carbonyl (C=O) groups is 2. The average Bonchev–Trinajstić information content (AvgIpc) is 3.30. The molecule has 3 aromatic carbocycles. The van der Waals surface area contributed by atoms with Gasteiger partial charge in [0.2, 0.25) is 5.91 Å². The monoisotopic (exact) mass is 453 g/mol. The van der Waals surface area contributed by atoms with Gasteiger partial charge in [-0.3, -0.25) is 9.59 Å². The molecule has 0 saturated carbocycles. The van der Waals surface area contributed by atoms with E-state index in [1.807, 2.05) is 54.7 Å². The second-order valence-corrected chi connectivity index (χ2v) is 8.85. The largest absolute Gasteiger partial charge is 0.366 e. The number of nitrogens with zero attached hydrogens (tertiary/aromatic N) is 2. The molecule has 0 atom stereocenters. The number of fused-ring (bicyclic) bond motifs is 1. The number of anilines is 1. The van der Waals surface area contributed by atoms with Gasteiger partial charge in [-0.25, -0.2) is 4.68 Å². The molecule has 1 aliphatic rings. The molecule has 172 valence electrons. The molecular weight excluding hydrogens is 426 g/mol. The quantitative estimate of drug-likeness (QED) is 0.414. The topological polar surface area (TPSA) is 102 Å². The zero-order valence-electron chi connectivity index (χ0n) is 18.8. The highest BCUT2D eigenvalue weighted by Crippen LogP contribution is 2.37. The first-order valence-corrected chi connectivity index (χ1v) is 11.5. The van der Waals surface area contributed by atoms with Crippen molar-refractivity contribution in [3.8, 4) is 5.69 Å². The maximum atomic E-state index is 13.0. The zero-order chi connectivity index (χ0) is 23.5. The van der Waals surface area contributed by atoms with Crippen LogP contribution in [0.1, 0.15) is 35.2 Å². The van der Waals surface area contributed by atoms with Crippen molar-refractivity contribution in [1.82, 2.24) is 15.1 Å². The highest BCUT2D eigenvalue weighted by atomic mass is 16.2. The molecule has 1 fully saturated rings. The first kappa shape index (κ1) is 21.9. The number of rotatable bonds is 6. The van der Waals surface area contributed by atoms with Crippen LogP contribution in [0.5, 0.6) is 0 Å². The third-order valence-electron chi connectivity index (χ3n) is 6.66. The van der Waals surface area contributed by atoms with E-state index in [4.69, 9.17) is 5.73 Å². The number of nitrogens with two attached hydrogens (primary N) is 1. The molecule has 1 saturated heterocycles. The number of primary amides is 1. The maximum Gasteiger partial charge on any atom is 0.250 e. The molecule has 0 radical (unpaired) electrons. The van der Waals surface area contributed by atoms with Crippen molar-refractivity contribution in [1.29, 1.82) is 0 Å². The smallest absolute Gasteiger partial charge is 0.250 e. The molecule has 4 aromatic rings. The molecule has 7 nitrogen and oxygen atoms in total. The summed E-state index contributed by atoms with van der Waals surface area (Å²) in [5, 5.41) is 11.8. The number of hydrogen-bond acceptors (Lipinski definition) is 4. The number of carbonyl (C=O) groups excluding carboxylic acids is 2. The molecule has 0 unspecified atom stereocenters. The number of hydrogen-bond donors (Lipinski definition) is 3. The fourth-order valence-corrected chi connectivity index (χ4v) is 4.85. The Labute approximate surface area is 198 Å². The van der Waals surface area contributed by atoms with E-state index < -0.39 is 5.91 Å². The molecule has 2 heterocycles. The van der Waals surface area contributed by atoms with Gasteiger partial charge in [-0.1, -0.05) is 42.5 Å². The lowest BCUT2D eigenvalue weighted by molar-refractivity contribution is -0.117. The van der Waals surface area contributed by atoms with Crippen molar-refractivity contribution >= 4 is 28.4 Å². The summed E-state index contributed by atoms with van der Waals surface area (Å²) < 4.78 is 1.71. The molecule has 7 heteroatoms. The fraction of sp³-hybridized carbons (Fsp3) is 0.222. The van der Waals surface area contributed by atoms with Gasteiger partial charge in [-0.05, 0) is 61.8 Å². The number of benzene rings is 3. The lowest BCUT2D eigenvalue weighted by atomic mass is 9.70. The Kier molecular flexibility index (Phi) is 5.86. The average molecular weight is 454 g/mol. The molecule has 5 rings (SSSR count). The highest BCUT2D eigenvalue weighted by molar-refractivity contribution is 6.04. The molecule has 1 aromatic heterocycles. The molecule has 4 N–H and O–H groups in total. The standard InChI is InChI=1S/C27H27N5O2/c28-26(34)23-8-4-5-19-18-32(31-25(19)23)22-11-9-21(10-12-22)30-24(33)17-27(13-15-29-16-14-27)20-6-2-1-3-7-20/h1-12,18,29H,13-17H2,(H2,28,34)(H,30,33). The number of amides is 2. The van der Waals surface area contributed by atoms with Crippen LogP contribution in [-0.4, -0.2) is 34.7 Å². The van der Waals surface area contributed by atoms with E-state index in [1.165, 1.54) is 5.56 Å². The van der Waals surface area contributed by atoms with Crippen molar-refractivity contribution in [2.24, 2.45) is 5.73 Å². The Balaban J connectivity index is 1.32. The zero-order valence-corrected chi connectivity index (χ0v) is 18.8. The third-order valence-corrected chi connectivity index (χ3v) is 6.66. The van der Waals surface area contributed by atoms with Gasteiger partial charge in [0.1, 0.15) is 5.52 Å². The van der Waals surface area contributed by atoms with Crippen LogP contribution in [0.3, 0.4) is 0 Å². The van der Waals surface area contributed by atoms with Crippen molar-refractivity contribution in [2.75, 3.05) is 18.4 Å². The van der Waals surface area contributed by atoms with Crippen LogP contribution in [0, 0.1) is 0 Å². The summed E-state index contributed by atoms with van der Waals surface area (Å²) >= 11 is 0. The predicted octanol–water partition coefficient (Wildman–Crippen LogP) is 3.77. The lowest BCUT2D eigenvalue weighted by Crippen LogP contribution is -2.42. The van der Waals surface area contributed by atoms with Crippen LogP contribution in [0.2, 0.25) is 0 Å². The number of piperidine rings is 1. The van der Waals surface area contributed by atoms with Crippen LogP contribution < -0.4 is 16.4 Å². The predicted molar refractivity (Wildman–Crippen MR) is 133 cm³/mol. The summed E-state index contributed by atoms with van der Waals surface area (Å²) in [5.41, 5.74) is 9.07. The van der Waals surface area contributed by atoms with E-state index in [0.29, 0.717) is 17.5 Å². The summed E-state index contributed by atoms with van der Waals surface area (Å²) in [4.78, 5) is 24.7. The minimum absolute atomic E-state index is 0.00873. The van der Waals surface area contributed by atoms with Gasteiger partial charge in [0.15, 0.2) is 0 Å². The molecule has 0 spiro atoms. The Hall–Kier alpha value is -3.97. The highest BCUT2D eigenvalue weighted by Gasteiger charge is 2.35. The van der Waals surface area contributed by atoms with Crippen LogP contribution in [0.4, 0.5) is 5.69 Å². The van der Waals surface area contributed by atoms with Crippen LogP contribution in [0.25, 0.3) is 16.6 Å². The summed E-state index contributed by atoms with van der Waals surface area (Å²) in [5.74, 6) is -0.495. The van der Waals surface area contributed by atoms with Crippen molar-refractivity contribution in [2.45, 2.75) is 24.7 Å². The van der Waals surface area contributed by atoms with E-state index in [1.54, 1.807) is 16.8 Å². The minimum Gasteiger partial charge on any atom is -0.366 e. The van der Waals surface area contributed by atoms with E-state index in [-0.39, 0.29) is 11.3 Å². The van der Waals surface area contributed by atoms with Gasteiger partial charge in [-0.15, -0.1) is 0 Å². The fourth-order valence-electron chi connectivity index (χ4n) is 4.85. The van der Waals surface area contributed by atoms with E-state index in [2.05, 4.69) is 27.9 Å². The van der Waals surface area contributed by atoms with E-state index in [0.717, 1.165) is 42.7 Å². The Morgan fingerprint density at radius 1 is 0.971 bits per heavy atom. The Morgan fingerprint density at radius 3 is 2.41 bits per heavy atom. The van der Waals surface area contributed by atoms with Crippen molar-refractivity contribution < 1.29 is 9.59 Å². The SMILES string of the molecule is NC(=O)c1cccc2cn(-c3ccc(NC(=O)CC4(c5ccccc5)CCNCC4)cc3)nc12. The van der Waals surface area contributed by atoms with Gasteiger partial charge in [-0.2, -0.15) is 5.10 Å². The first-order valence-electron chi connectivity index (χ1n) is 11.5. The molecule has 0 aliphatic carbocycles. The number of nitrogens with one attached hydrogen (secondary N) is 2. The number of aromatic nitrogens is 2. The minimum atomic E-state index is -0.504. The molecular formula is C27H27N5O2. The van der Waals surface area contributed by atoms with Gasteiger partial charge < -0.3 is 16.4 Å². The Morgan fingerprint density at radius 2 is 1.71 bits per heavy atom. The van der Waals surface area contributed by atoms with Crippen molar-refractivity contribution in [3.63, 3.8) is 0 Å². The second kappa shape index (κ2) is 9.11. The van der Waals surface area contributed by atoms with Crippen LogP contribution in [0.15, 0.2) is 79.0 Å². The molecule has 1 aliphatic heterocycles. The van der Waals surface area contributed by atoms with E-state index in [9.17, 15) is 9.59 Å². The van der Waals surface area contributed by atoms with Gasteiger partial charge in [0.05, 0.1) is 11.3 Å². The molecule has 34 heavy (non-hydrogen) atoms. The summed E-state index contributed by atoms with van der Waals surface area (Å²) in [7, 11) is 0. The summed E-state index contributed by atoms with van der Waals surface area (Å²) in [6.45, 7) is 1.82. The summed E-state index contributed by atoms with van der Waals surface area (Å²) in [6.07, 6.45) is 4.17. The second-order valence-electron chi connectivity index (χ2n) is 8.85. The Bertz CT molecular complexity index is 1320. The van der Waals surface area contributed by atoms with Gasteiger partial charge >= 0.3 is 0 Å². The lowest BCUT2D eigenvalue weighted by Gasteiger charge is -2.37. The normalized spacial score (nSPS) is 15.2. The van der Waals surface area contributed by atoms with Gasteiger partial charge in [0, 0.05) is 29.1 Å². The summed E-state index contributed by atoms with van der Waals surface area (Å²) in [6, 6.07) is 23.2. The van der Waals surface area contributed by atoms with E-state index >= 15 is 0 Å². The third kappa shape index (κ3) is 4.30. The van der Waals surface area contributed by atoms with Crippen LogP contribution >= 0.6 is 0 Å².